The van der Waals surface area contributed by atoms with Gasteiger partial charge in [0.25, 0.3) is 0 Å². The highest BCUT2D eigenvalue weighted by molar-refractivity contribution is 6.94. The van der Waals surface area contributed by atoms with Crippen LogP contribution >= 0.6 is 0 Å². The average molecular weight is 395 g/mol. The molecule has 0 saturated carbocycles. The molecule has 0 saturated heterocycles. The van der Waals surface area contributed by atoms with Crippen LogP contribution in [0.1, 0.15) is 6.42 Å². The van der Waals surface area contributed by atoms with Gasteiger partial charge in [0, 0.05) is 22.8 Å². The molecule has 9 heteroatoms. The van der Waals surface area contributed by atoms with E-state index < -0.39 is 47.4 Å². The zero-order valence-corrected chi connectivity index (χ0v) is 18.2. The van der Waals surface area contributed by atoms with Crippen LogP contribution in [-0.2, 0) is 23.8 Å². The van der Waals surface area contributed by atoms with E-state index in [9.17, 15) is 9.59 Å². The van der Waals surface area contributed by atoms with Gasteiger partial charge in [0.05, 0.1) is 13.2 Å². The first-order valence-electron chi connectivity index (χ1n) is 8.62. The Morgan fingerprint density at radius 1 is 0.920 bits per heavy atom. The Kier molecular flexibility index (Phi) is 11.4. The molecule has 0 rings (SSSR count). The van der Waals surface area contributed by atoms with Crippen LogP contribution in [0.5, 0.6) is 0 Å². The smallest absolute Gasteiger partial charge is 0.329 e. The van der Waals surface area contributed by atoms with Crippen LogP contribution in [0.15, 0.2) is 0 Å². The molecule has 0 aromatic heterocycles. The molecule has 1 unspecified atom stereocenters. The van der Waals surface area contributed by atoms with Crippen molar-refractivity contribution in [3.63, 3.8) is 0 Å². The van der Waals surface area contributed by atoms with E-state index in [1.165, 1.54) is 11.7 Å². The average Bonchev–Trinajstić information content (AvgIpc) is 2.40. The lowest BCUT2D eigenvalue weighted by atomic mass is 10.4. The molecule has 2 N–H and O–H groups in total. The third-order valence-electron chi connectivity index (χ3n) is 3.43. The summed E-state index contributed by atoms with van der Waals surface area (Å²) < 4.78 is 15.7. The van der Waals surface area contributed by atoms with Crippen LogP contribution in [0.3, 0.4) is 0 Å². The SMILES string of the molecule is C[Si](C)(C)C[Si](C)(C)CCCOCC(COCC(=O)O)OCC(=O)O. The maximum Gasteiger partial charge on any atom is 0.329 e. The van der Waals surface area contributed by atoms with Gasteiger partial charge >= 0.3 is 11.9 Å². The minimum Gasteiger partial charge on any atom is -0.480 e. The van der Waals surface area contributed by atoms with Crippen molar-refractivity contribution in [3.05, 3.63) is 0 Å². The first kappa shape index (κ1) is 24.3. The summed E-state index contributed by atoms with van der Waals surface area (Å²) in [7, 11) is -2.24. The fourth-order valence-electron chi connectivity index (χ4n) is 3.00. The third-order valence-corrected chi connectivity index (χ3v) is 13.2. The second-order valence-electron chi connectivity index (χ2n) is 8.32. The van der Waals surface area contributed by atoms with E-state index in [4.69, 9.17) is 24.4 Å². The van der Waals surface area contributed by atoms with Gasteiger partial charge in [-0.15, -0.1) is 0 Å². The van der Waals surface area contributed by atoms with Crippen molar-refractivity contribution in [1.82, 2.24) is 0 Å². The molecular formula is C16H34O7Si2. The largest absolute Gasteiger partial charge is 0.480 e. The highest BCUT2D eigenvalue weighted by Gasteiger charge is 2.27. The Labute approximate surface area is 152 Å². The summed E-state index contributed by atoms with van der Waals surface area (Å²) in [6.45, 7) is 11.9. The van der Waals surface area contributed by atoms with Gasteiger partial charge in [-0.25, -0.2) is 9.59 Å². The maximum absolute atomic E-state index is 10.6. The van der Waals surface area contributed by atoms with E-state index in [-0.39, 0.29) is 13.2 Å². The fraction of sp³-hybridized carbons (Fsp3) is 0.875. The molecule has 0 fully saturated rings. The van der Waals surface area contributed by atoms with Crippen molar-refractivity contribution >= 4 is 28.1 Å². The van der Waals surface area contributed by atoms with Crippen molar-refractivity contribution in [2.45, 2.75) is 57.0 Å². The topological polar surface area (TPSA) is 102 Å². The summed E-state index contributed by atoms with van der Waals surface area (Å²) in [5.41, 5.74) is 1.40. The number of carboxylic acids is 2. The Bertz CT molecular complexity index is 408. The van der Waals surface area contributed by atoms with Gasteiger partial charge in [-0.2, -0.15) is 0 Å². The number of rotatable bonds is 15. The van der Waals surface area contributed by atoms with Crippen molar-refractivity contribution in [2.24, 2.45) is 0 Å². The highest BCUT2D eigenvalue weighted by atomic mass is 28.4. The number of hydrogen-bond donors (Lipinski definition) is 2. The molecule has 7 nitrogen and oxygen atoms in total. The molecule has 0 aromatic carbocycles. The molecular weight excluding hydrogens is 360 g/mol. The Morgan fingerprint density at radius 3 is 2.00 bits per heavy atom. The third kappa shape index (κ3) is 16.5. The van der Waals surface area contributed by atoms with Crippen LogP contribution in [0, 0.1) is 0 Å². The zero-order chi connectivity index (χ0) is 19.5. The summed E-state index contributed by atoms with van der Waals surface area (Å²) in [6.07, 6.45) is 0.397. The van der Waals surface area contributed by atoms with Gasteiger partial charge in [-0.3, -0.25) is 0 Å². The van der Waals surface area contributed by atoms with Crippen molar-refractivity contribution in [1.29, 1.82) is 0 Å². The molecule has 25 heavy (non-hydrogen) atoms. The summed E-state index contributed by atoms with van der Waals surface area (Å²) in [6, 6.07) is 1.20. The van der Waals surface area contributed by atoms with Gasteiger partial charge < -0.3 is 24.4 Å². The summed E-state index contributed by atoms with van der Waals surface area (Å²) >= 11 is 0. The molecule has 1 atom stereocenters. The minimum absolute atomic E-state index is 0.00452. The number of carbonyl (C=O) groups is 2. The van der Waals surface area contributed by atoms with Crippen LogP contribution in [-0.4, -0.2) is 77.4 Å². The predicted molar refractivity (Wildman–Crippen MR) is 102 cm³/mol. The first-order valence-corrected chi connectivity index (χ1v) is 15.7. The second-order valence-corrected chi connectivity index (χ2v) is 19.7. The second kappa shape index (κ2) is 11.8. The molecule has 0 aliphatic carbocycles. The number of hydrogen-bond acceptors (Lipinski definition) is 5. The molecule has 0 aliphatic heterocycles. The lowest BCUT2D eigenvalue weighted by Gasteiger charge is -2.29. The van der Waals surface area contributed by atoms with Gasteiger partial charge in [0.15, 0.2) is 0 Å². The van der Waals surface area contributed by atoms with E-state index in [1.54, 1.807) is 0 Å². The fourth-order valence-corrected chi connectivity index (χ4v) is 16.3. The van der Waals surface area contributed by atoms with Crippen LogP contribution < -0.4 is 0 Å². The van der Waals surface area contributed by atoms with Crippen LogP contribution in [0.25, 0.3) is 0 Å². The van der Waals surface area contributed by atoms with Crippen LogP contribution in [0.4, 0.5) is 0 Å². The van der Waals surface area contributed by atoms with E-state index >= 15 is 0 Å². The molecule has 0 aromatic rings. The zero-order valence-electron chi connectivity index (χ0n) is 16.2. The first-order chi connectivity index (χ1) is 11.4. The van der Waals surface area contributed by atoms with E-state index in [0.29, 0.717) is 6.61 Å². The van der Waals surface area contributed by atoms with Crippen molar-refractivity contribution < 1.29 is 34.0 Å². The molecule has 0 bridgehead atoms. The van der Waals surface area contributed by atoms with Crippen molar-refractivity contribution in [3.8, 4) is 0 Å². The standard InChI is InChI=1S/C16H34O7Si2/c1-24(2,3)13-25(4,5)8-6-7-21-9-14(23-12-16(19)20)10-22-11-15(17)18/h14H,6-13H2,1-5H3,(H,17,18)(H,19,20). The summed E-state index contributed by atoms with van der Waals surface area (Å²) in [4.78, 5) is 21.0. The predicted octanol–water partition coefficient (Wildman–Crippen LogP) is 2.55. The van der Waals surface area contributed by atoms with E-state index in [0.717, 1.165) is 6.42 Å². The minimum atomic E-state index is -1.20. The van der Waals surface area contributed by atoms with E-state index in [2.05, 4.69) is 32.7 Å². The molecule has 0 spiro atoms. The normalized spacial score (nSPS) is 13.6. The molecule has 0 aliphatic rings. The molecule has 0 radical (unpaired) electrons. The molecule has 0 heterocycles. The Balaban J connectivity index is 4.10. The number of ether oxygens (including phenoxy) is 3. The van der Waals surface area contributed by atoms with Crippen LogP contribution in [0.2, 0.25) is 44.4 Å². The van der Waals surface area contributed by atoms with Gasteiger partial charge in [-0.1, -0.05) is 44.4 Å². The number of carboxylic acid groups (broad SMARTS) is 2. The Hall–Kier alpha value is -0.746. The molecule has 0 amide bonds. The van der Waals surface area contributed by atoms with E-state index in [1.807, 2.05) is 0 Å². The van der Waals surface area contributed by atoms with Gasteiger partial charge in [0.2, 0.25) is 0 Å². The monoisotopic (exact) mass is 394 g/mol. The van der Waals surface area contributed by atoms with Gasteiger partial charge in [0.1, 0.15) is 19.3 Å². The summed E-state index contributed by atoms with van der Waals surface area (Å²) in [5.74, 6) is -2.16. The lowest BCUT2D eigenvalue weighted by molar-refractivity contribution is -0.151. The van der Waals surface area contributed by atoms with Crippen molar-refractivity contribution in [2.75, 3.05) is 33.0 Å². The molecule has 148 valence electrons. The summed E-state index contributed by atoms with van der Waals surface area (Å²) in [5, 5.41) is 17.2. The van der Waals surface area contributed by atoms with Gasteiger partial charge in [-0.05, 0) is 6.42 Å². The quantitative estimate of drug-likeness (QED) is 0.325. The number of aliphatic carboxylic acids is 2. The highest BCUT2D eigenvalue weighted by Crippen LogP contribution is 2.24. The maximum atomic E-state index is 10.6. The Morgan fingerprint density at radius 2 is 1.48 bits per heavy atom. The lowest BCUT2D eigenvalue weighted by Crippen LogP contribution is -2.37.